The molecular weight excluding hydrogens is 218 g/mol. The minimum atomic E-state index is 0.701. The zero-order valence-electron chi connectivity index (χ0n) is 9.77. The van der Waals surface area contributed by atoms with Crippen molar-refractivity contribution in [1.82, 2.24) is 0 Å². The third-order valence-corrected chi connectivity index (χ3v) is 3.08. The summed E-state index contributed by atoms with van der Waals surface area (Å²) in [5.74, 6) is 0. The summed E-state index contributed by atoms with van der Waals surface area (Å²) in [6.45, 7) is 2.13. The maximum atomic E-state index is 8.57. The Morgan fingerprint density at radius 2 is 2.06 bits per heavy atom. The van der Waals surface area contributed by atoms with Gasteiger partial charge in [0, 0.05) is 12.7 Å². The van der Waals surface area contributed by atoms with Gasteiger partial charge in [-0.1, -0.05) is 30.8 Å². The molecule has 0 N–H and O–H groups in total. The van der Waals surface area contributed by atoms with Crippen molar-refractivity contribution in [3.05, 3.63) is 29.8 Å². The highest BCUT2D eigenvalue weighted by molar-refractivity contribution is 8.13. The van der Waals surface area contributed by atoms with E-state index in [1.165, 1.54) is 17.3 Å². The highest BCUT2D eigenvalue weighted by atomic mass is 32.2. The highest BCUT2D eigenvalue weighted by Gasteiger charge is 2.07. The van der Waals surface area contributed by atoms with Crippen molar-refractivity contribution in [1.29, 1.82) is 5.26 Å². The van der Waals surface area contributed by atoms with Gasteiger partial charge >= 0.3 is 0 Å². The van der Waals surface area contributed by atoms with Crippen molar-refractivity contribution >= 4 is 22.6 Å². The number of hydrogen-bond acceptors (Lipinski definition) is 3. The van der Waals surface area contributed by atoms with Crippen molar-refractivity contribution in [3.63, 3.8) is 0 Å². The largest absolute Gasteiger partial charge is 0.323 e. The number of hydrogen-bond donors (Lipinski definition) is 0. The van der Waals surface area contributed by atoms with E-state index in [4.69, 9.17) is 5.26 Å². The summed E-state index contributed by atoms with van der Waals surface area (Å²) in [5, 5.41) is 9.27. The van der Waals surface area contributed by atoms with Crippen molar-refractivity contribution in [2.75, 3.05) is 18.2 Å². The van der Waals surface area contributed by atoms with E-state index >= 15 is 0 Å². The second-order valence-electron chi connectivity index (χ2n) is 3.28. The number of anilines is 1. The van der Waals surface area contributed by atoms with Crippen LogP contribution in [0, 0.1) is 11.5 Å². The van der Waals surface area contributed by atoms with E-state index in [0.29, 0.717) is 5.17 Å². The van der Waals surface area contributed by atoms with E-state index in [9.17, 15) is 0 Å². The number of aliphatic imine (C=N–C) groups is 1. The van der Waals surface area contributed by atoms with Gasteiger partial charge in [0.05, 0.1) is 0 Å². The molecule has 4 heteroatoms. The van der Waals surface area contributed by atoms with Gasteiger partial charge in [-0.15, -0.1) is 4.99 Å². The van der Waals surface area contributed by atoms with E-state index in [1.54, 1.807) is 0 Å². The van der Waals surface area contributed by atoms with Crippen LogP contribution in [0.25, 0.3) is 0 Å². The lowest BCUT2D eigenvalue weighted by atomic mass is 10.1. The monoisotopic (exact) mass is 233 g/mol. The third-order valence-electron chi connectivity index (χ3n) is 2.35. The summed E-state index contributed by atoms with van der Waals surface area (Å²) < 4.78 is 0. The van der Waals surface area contributed by atoms with Crippen LogP contribution in [0.3, 0.4) is 0 Å². The van der Waals surface area contributed by atoms with Gasteiger partial charge in [-0.25, -0.2) is 0 Å². The molecule has 0 aliphatic carbocycles. The molecule has 0 heterocycles. The molecule has 0 aliphatic rings. The first-order valence-corrected chi connectivity index (χ1v) is 6.28. The molecule has 0 fully saturated rings. The number of benzene rings is 1. The summed E-state index contributed by atoms with van der Waals surface area (Å²) in [6, 6.07) is 8.27. The molecule has 0 radical (unpaired) electrons. The Bertz CT molecular complexity index is 403. The smallest absolute Gasteiger partial charge is 0.208 e. The molecule has 1 aromatic rings. The Labute approximate surface area is 101 Å². The van der Waals surface area contributed by atoms with Crippen LogP contribution in [0.1, 0.15) is 12.5 Å². The standard InChI is InChI=1S/C12H15N3S/c1-4-10-5-7-11(8-6-10)15(2)12(16-3)14-9-13/h5-8H,4H2,1-3H3. The minimum absolute atomic E-state index is 0.701. The number of amidine groups is 1. The van der Waals surface area contributed by atoms with Gasteiger partial charge in [0.15, 0.2) is 5.17 Å². The molecule has 0 amide bonds. The van der Waals surface area contributed by atoms with Crippen molar-refractivity contribution < 1.29 is 0 Å². The summed E-state index contributed by atoms with van der Waals surface area (Å²) in [7, 11) is 1.91. The molecule has 0 bridgehead atoms. The zero-order valence-corrected chi connectivity index (χ0v) is 10.6. The number of thioether (sulfide) groups is 1. The SMILES string of the molecule is CCc1ccc(N(C)C(=NC#N)SC)cc1. The quantitative estimate of drug-likeness (QED) is 0.448. The molecule has 0 spiro atoms. The fraction of sp³-hybridized carbons (Fsp3) is 0.333. The normalized spacial score (nSPS) is 11.0. The van der Waals surface area contributed by atoms with Gasteiger partial charge in [-0.05, 0) is 30.4 Å². The van der Waals surface area contributed by atoms with Crippen LogP contribution in [-0.4, -0.2) is 18.5 Å². The van der Waals surface area contributed by atoms with Crippen LogP contribution in [-0.2, 0) is 6.42 Å². The fourth-order valence-electron chi connectivity index (χ4n) is 1.37. The number of aryl methyl sites for hydroxylation is 1. The van der Waals surface area contributed by atoms with Crippen molar-refractivity contribution in [3.8, 4) is 6.19 Å². The first-order valence-electron chi connectivity index (χ1n) is 5.06. The van der Waals surface area contributed by atoms with Gasteiger partial charge < -0.3 is 4.90 Å². The number of rotatable bonds is 2. The fourth-order valence-corrected chi connectivity index (χ4v) is 1.88. The van der Waals surface area contributed by atoms with Gasteiger partial charge in [0.2, 0.25) is 6.19 Å². The molecule has 0 aliphatic heterocycles. The van der Waals surface area contributed by atoms with Gasteiger partial charge in [-0.2, -0.15) is 5.26 Å². The highest BCUT2D eigenvalue weighted by Crippen LogP contribution is 2.17. The lowest BCUT2D eigenvalue weighted by Gasteiger charge is -2.18. The molecular formula is C12H15N3S. The number of nitrogens with zero attached hydrogens (tertiary/aromatic N) is 3. The second kappa shape index (κ2) is 6.19. The van der Waals surface area contributed by atoms with E-state index in [1.807, 2.05) is 36.5 Å². The number of nitriles is 1. The van der Waals surface area contributed by atoms with Crippen LogP contribution >= 0.6 is 11.8 Å². The zero-order chi connectivity index (χ0) is 12.0. The first kappa shape index (κ1) is 12.6. The minimum Gasteiger partial charge on any atom is -0.323 e. The van der Waals surface area contributed by atoms with E-state index in [-0.39, 0.29) is 0 Å². The average Bonchev–Trinajstić information content (AvgIpc) is 2.35. The van der Waals surface area contributed by atoms with E-state index < -0.39 is 0 Å². The predicted molar refractivity (Wildman–Crippen MR) is 70.8 cm³/mol. The summed E-state index contributed by atoms with van der Waals surface area (Å²) in [4.78, 5) is 5.68. The van der Waals surface area contributed by atoms with Gasteiger partial charge in [0.1, 0.15) is 0 Å². The molecule has 0 atom stereocenters. The molecule has 1 aromatic carbocycles. The van der Waals surface area contributed by atoms with Crippen LogP contribution in [0.15, 0.2) is 29.3 Å². The molecule has 0 unspecified atom stereocenters. The molecule has 84 valence electrons. The maximum absolute atomic E-state index is 8.57. The van der Waals surface area contributed by atoms with Crippen LogP contribution in [0.4, 0.5) is 5.69 Å². The van der Waals surface area contributed by atoms with E-state index in [0.717, 1.165) is 12.1 Å². The lowest BCUT2D eigenvalue weighted by molar-refractivity contribution is 1.14. The Morgan fingerprint density at radius 1 is 1.44 bits per heavy atom. The van der Waals surface area contributed by atoms with Crippen LogP contribution in [0.2, 0.25) is 0 Å². The molecule has 0 saturated carbocycles. The summed E-state index contributed by atoms with van der Waals surface area (Å²) in [5.41, 5.74) is 2.35. The Hall–Kier alpha value is -1.47. The van der Waals surface area contributed by atoms with Crippen molar-refractivity contribution in [2.24, 2.45) is 4.99 Å². The first-order chi connectivity index (χ1) is 7.72. The maximum Gasteiger partial charge on any atom is 0.208 e. The molecule has 0 saturated heterocycles. The molecule has 3 nitrogen and oxygen atoms in total. The Balaban J connectivity index is 2.91. The molecule has 1 rings (SSSR count). The summed E-state index contributed by atoms with van der Waals surface area (Å²) >= 11 is 1.46. The predicted octanol–water partition coefficient (Wildman–Crippen LogP) is 2.89. The van der Waals surface area contributed by atoms with Crippen LogP contribution in [0.5, 0.6) is 0 Å². The van der Waals surface area contributed by atoms with Crippen molar-refractivity contribution in [2.45, 2.75) is 13.3 Å². The third kappa shape index (κ3) is 3.01. The van der Waals surface area contributed by atoms with E-state index in [2.05, 4.69) is 24.0 Å². The van der Waals surface area contributed by atoms with Gasteiger partial charge in [-0.3, -0.25) is 0 Å². The Morgan fingerprint density at radius 3 is 2.50 bits per heavy atom. The van der Waals surface area contributed by atoms with Gasteiger partial charge in [0.25, 0.3) is 0 Å². The van der Waals surface area contributed by atoms with Crippen LogP contribution < -0.4 is 4.90 Å². The Kier molecular flexibility index (Phi) is 4.87. The second-order valence-corrected chi connectivity index (χ2v) is 4.05. The molecule has 0 aromatic heterocycles. The molecule has 16 heavy (non-hydrogen) atoms. The lowest BCUT2D eigenvalue weighted by Crippen LogP contribution is -2.22. The topological polar surface area (TPSA) is 39.4 Å². The summed E-state index contributed by atoms with van der Waals surface area (Å²) in [6.07, 6.45) is 4.76. The average molecular weight is 233 g/mol.